The number of anilines is 1. The van der Waals surface area contributed by atoms with E-state index in [0.717, 1.165) is 36.0 Å². The molecule has 2 saturated carbocycles. The van der Waals surface area contributed by atoms with Gasteiger partial charge in [0.15, 0.2) is 0 Å². The van der Waals surface area contributed by atoms with Gasteiger partial charge in [0, 0.05) is 52.2 Å². The summed E-state index contributed by atoms with van der Waals surface area (Å²) >= 11 is 0. The van der Waals surface area contributed by atoms with Crippen LogP contribution in [0, 0.1) is 0 Å². The van der Waals surface area contributed by atoms with E-state index in [-0.39, 0.29) is 11.8 Å². The molecule has 48 heavy (non-hydrogen) atoms. The minimum absolute atomic E-state index is 0.203. The van der Waals surface area contributed by atoms with Gasteiger partial charge in [0.1, 0.15) is 5.54 Å². The summed E-state index contributed by atoms with van der Waals surface area (Å²) in [5.41, 5.74) is 7.71. The Balaban J connectivity index is 1.09. The lowest BCUT2D eigenvalue weighted by atomic mass is 9.81. The molecule has 3 N–H and O–H groups in total. The van der Waals surface area contributed by atoms with Crippen LogP contribution in [-0.2, 0) is 11.3 Å². The van der Waals surface area contributed by atoms with E-state index in [9.17, 15) is 14.4 Å². The second-order valence-corrected chi connectivity index (χ2v) is 13.5. The van der Waals surface area contributed by atoms with E-state index < -0.39 is 11.2 Å². The maximum atomic E-state index is 14.0. The van der Waals surface area contributed by atoms with Crippen LogP contribution < -0.4 is 16.3 Å². The van der Waals surface area contributed by atoms with E-state index in [4.69, 9.17) is 0 Å². The minimum Gasteiger partial charge on any atom is -0.338 e. The monoisotopic (exact) mass is 637 g/mol. The van der Waals surface area contributed by atoms with Gasteiger partial charge in [0.25, 0.3) is 5.91 Å². The lowest BCUT2D eigenvalue weighted by molar-refractivity contribution is -0.122. The Morgan fingerprint density at radius 3 is 2.46 bits per heavy atom. The molecule has 0 bridgehead atoms. The SMILES string of the molecule is O=C(NC1(C(=O)Nc2ccc(-c3cnc(=O)[nH]c3)cc2)CCCC1)c1ccc2c(C3CCCCC3)c3n(c2c1)CC=Cc1ccccc1-3. The van der Waals surface area contributed by atoms with Crippen molar-refractivity contribution >= 4 is 34.5 Å². The summed E-state index contributed by atoms with van der Waals surface area (Å²) in [5, 5.41) is 7.48. The zero-order valence-corrected chi connectivity index (χ0v) is 26.9. The van der Waals surface area contributed by atoms with Crippen LogP contribution >= 0.6 is 0 Å². The maximum absolute atomic E-state index is 14.0. The first kappa shape index (κ1) is 30.1. The van der Waals surface area contributed by atoms with Gasteiger partial charge in [-0.15, -0.1) is 0 Å². The first-order valence-corrected chi connectivity index (χ1v) is 17.2. The van der Waals surface area contributed by atoms with Gasteiger partial charge in [-0.25, -0.2) is 9.78 Å². The summed E-state index contributed by atoms with van der Waals surface area (Å²) in [7, 11) is 0. The Morgan fingerprint density at radius 2 is 1.69 bits per heavy atom. The molecule has 8 heteroatoms. The molecule has 2 aliphatic carbocycles. The average molecular weight is 638 g/mol. The molecule has 0 unspecified atom stereocenters. The molecule has 5 aromatic rings. The number of allylic oxidation sites excluding steroid dienone is 1. The summed E-state index contributed by atoms with van der Waals surface area (Å²) in [4.78, 5) is 45.6. The van der Waals surface area contributed by atoms with E-state index >= 15 is 0 Å². The van der Waals surface area contributed by atoms with Gasteiger partial charge in [-0.2, -0.15) is 0 Å². The summed E-state index contributed by atoms with van der Waals surface area (Å²) in [6.45, 7) is 0.738. The van der Waals surface area contributed by atoms with Gasteiger partial charge < -0.3 is 20.2 Å². The topological polar surface area (TPSA) is 109 Å². The third kappa shape index (κ3) is 5.45. The van der Waals surface area contributed by atoms with Gasteiger partial charge in [-0.05, 0) is 72.6 Å². The molecule has 0 atom stereocenters. The van der Waals surface area contributed by atoms with Crippen LogP contribution in [0.1, 0.15) is 85.2 Å². The number of carbonyl (C=O) groups is 2. The van der Waals surface area contributed by atoms with Crippen LogP contribution in [0.4, 0.5) is 5.69 Å². The van der Waals surface area contributed by atoms with Crippen molar-refractivity contribution in [1.82, 2.24) is 19.9 Å². The number of amides is 2. The van der Waals surface area contributed by atoms with E-state index in [1.165, 1.54) is 66.1 Å². The molecule has 3 aliphatic rings. The van der Waals surface area contributed by atoms with Crippen molar-refractivity contribution in [2.45, 2.75) is 75.8 Å². The number of benzene rings is 3. The zero-order chi connectivity index (χ0) is 32.7. The smallest absolute Gasteiger partial charge is 0.338 e. The van der Waals surface area contributed by atoms with E-state index in [1.807, 2.05) is 36.4 Å². The third-order valence-electron chi connectivity index (χ3n) is 10.6. The number of carbonyl (C=O) groups excluding carboxylic acids is 2. The van der Waals surface area contributed by atoms with Crippen molar-refractivity contribution in [3.8, 4) is 22.4 Å². The summed E-state index contributed by atoms with van der Waals surface area (Å²) in [5.74, 6) is 0.0659. The number of hydrogen-bond acceptors (Lipinski definition) is 4. The van der Waals surface area contributed by atoms with Crippen molar-refractivity contribution in [3.05, 3.63) is 112 Å². The molecule has 8 rings (SSSR count). The standard InChI is InChI=1S/C40H39N5O3/c46-37(44-40(20-6-7-21-40)38(47)43-31-17-14-26(15-18-31)30-24-41-39(48)42-25-30)29-16-19-33-34(23-29)45-22-8-12-27-9-4-5-13-32(27)36(45)35(33)28-10-2-1-3-11-28/h4-5,8-9,12-19,23-25,28H,1-3,6-7,10-11,20-22H2,(H,43,47)(H,44,46)(H,41,42,48). The minimum atomic E-state index is -0.988. The highest BCUT2D eigenvalue weighted by Crippen LogP contribution is 2.46. The largest absolute Gasteiger partial charge is 0.344 e. The fourth-order valence-corrected chi connectivity index (χ4v) is 8.12. The number of aromatic nitrogens is 3. The normalized spacial score (nSPS) is 17.0. The number of nitrogens with one attached hydrogen (secondary N) is 3. The molecule has 0 radical (unpaired) electrons. The van der Waals surface area contributed by atoms with Crippen molar-refractivity contribution < 1.29 is 9.59 Å². The molecule has 242 valence electrons. The lowest BCUT2D eigenvalue weighted by Crippen LogP contribution is -2.55. The summed E-state index contributed by atoms with van der Waals surface area (Å²) < 4.78 is 2.39. The molecular weight excluding hydrogens is 598 g/mol. The van der Waals surface area contributed by atoms with Crippen LogP contribution in [0.25, 0.3) is 39.4 Å². The molecule has 0 saturated heterocycles. The van der Waals surface area contributed by atoms with Gasteiger partial charge in [0.2, 0.25) is 5.91 Å². The van der Waals surface area contributed by atoms with Gasteiger partial charge in [0.05, 0.1) is 5.69 Å². The number of H-pyrrole nitrogens is 1. The second-order valence-electron chi connectivity index (χ2n) is 13.5. The Hall–Kier alpha value is -5.24. The third-order valence-corrected chi connectivity index (χ3v) is 10.6. The summed E-state index contributed by atoms with van der Waals surface area (Å²) in [6.07, 6.45) is 16.6. The first-order chi connectivity index (χ1) is 23.5. The quantitative estimate of drug-likeness (QED) is 0.176. The number of fused-ring (bicyclic) bond motifs is 5. The van der Waals surface area contributed by atoms with Crippen LogP contribution in [-0.4, -0.2) is 31.9 Å². The predicted molar refractivity (Wildman–Crippen MR) is 190 cm³/mol. The fourth-order valence-electron chi connectivity index (χ4n) is 8.12. The molecule has 3 heterocycles. The maximum Gasteiger partial charge on any atom is 0.344 e. The second kappa shape index (κ2) is 12.4. The number of hydrogen-bond donors (Lipinski definition) is 3. The van der Waals surface area contributed by atoms with Gasteiger partial charge in [-0.3, -0.25) is 9.59 Å². The molecule has 2 amide bonds. The number of nitrogens with zero attached hydrogens (tertiary/aromatic N) is 2. The van der Waals surface area contributed by atoms with E-state index in [2.05, 4.69) is 67.7 Å². The van der Waals surface area contributed by atoms with E-state index in [0.29, 0.717) is 30.0 Å². The van der Waals surface area contributed by atoms with E-state index in [1.54, 1.807) is 6.20 Å². The van der Waals surface area contributed by atoms with Crippen LogP contribution in [0.5, 0.6) is 0 Å². The van der Waals surface area contributed by atoms with Crippen molar-refractivity contribution in [2.24, 2.45) is 0 Å². The molecule has 0 spiro atoms. The highest BCUT2D eigenvalue weighted by atomic mass is 16.2. The van der Waals surface area contributed by atoms with Crippen molar-refractivity contribution in [1.29, 1.82) is 0 Å². The van der Waals surface area contributed by atoms with Gasteiger partial charge in [-0.1, -0.05) is 86.7 Å². The van der Waals surface area contributed by atoms with Crippen LogP contribution in [0.3, 0.4) is 0 Å². The summed E-state index contributed by atoms with van der Waals surface area (Å²) in [6, 6.07) is 22.1. The molecular formula is C40H39N5O3. The first-order valence-electron chi connectivity index (χ1n) is 17.2. The fraction of sp³-hybridized carbons (Fsp3) is 0.300. The molecule has 3 aromatic carbocycles. The zero-order valence-electron chi connectivity index (χ0n) is 26.9. The Kier molecular flexibility index (Phi) is 7.79. The number of aromatic amines is 1. The van der Waals surface area contributed by atoms with Crippen molar-refractivity contribution in [3.63, 3.8) is 0 Å². The Morgan fingerprint density at radius 1 is 0.896 bits per heavy atom. The Bertz CT molecular complexity index is 2090. The van der Waals surface area contributed by atoms with Crippen LogP contribution in [0.15, 0.2) is 90.0 Å². The average Bonchev–Trinajstić information content (AvgIpc) is 3.67. The highest BCUT2D eigenvalue weighted by Gasteiger charge is 2.43. The number of rotatable bonds is 6. The lowest BCUT2D eigenvalue weighted by Gasteiger charge is -2.29. The van der Waals surface area contributed by atoms with Crippen molar-refractivity contribution in [2.75, 3.05) is 5.32 Å². The highest BCUT2D eigenvalue weighted by molar-refractivity contribution is 6.06. The Labute approximate surface area is 279 Å². The predicted octanol–water partition coefficient (Wildman–Crippen LogP) is 7.81. The van der Waals surface area contributed by atoms with Gasteiger partial charge >= 0.3 is 5.69 Å². The molecule has 2 fully saturated rings. The molecule has 2 aromatic heterocycles. The molecule has 8 nitrogen and oxygen atoms in total. The molecule has 1 aliphatic heterocycles. The van der Waals surface area contributed by atoms with Crippen LogP contribution in [0.2, 0.25) is 0 Å².